The molecular weight excluding hydrogens is 242 g/mol. The van der Waals surface area contributed by atoms with Crippen LogP contribution in [0.5, 0.6) is 0 Å². The van der Waals surface area contributed by atoms with Crippen LogP contribution in [-0.2, 0) is 9.59 Å². The highest BCUT2D eigenvalue weighted by molar-refractivity contribution is 5.81. The van der Waals surface area contributed by atoms with E-state index >= 15 is 0 Å². The predicted octanol–water partition coefficient (Wildman–Crippen LogP) is 2.67. The molecule has 0 heterocycles. The first-order chi connectivity index (χ1) is 8.92. The molecule has 0 aromatic heterocycles. The predicted molar refractivity (Wildman–Crippen MR) is 72.7 cm³/mol. The van der Waals surface area contributed by atoms with Crippen LogP contribution in [0.25, 0.3) is 0 Å². The molecule has 2 aliphatic rings. The summed E-state index contributed by atoms with van der Waals surface area (Å²) in [5.41, 5.74) is 0.0612. The average molecular weight is 267 g/mol. The van der Waals surface area contributed by atoms with Crippen molar-refractivity contribution in [2.45, 2.75) is 64.8 Å². The van der Waals surface area contributed by atoms with Gasteiger partial charge >= 0.3 is 5.97 Å². The summed E-state index contributed by atoms with van der Waals surface area (Å²) < 4.78 is 0. The minimum Gasteiger partial charge on any atom is -0.481 e. The number of hydrogen-bond donors (Lipinski definition) is 1. The van der Waals surface area contributed by atoms with Crippen LogP contribution in [0.1, 0.15) is 58.8 Å². The molecule has 2 fully saturated rings. The zero-order valence-corrected chi connectivity index (χ0v) is 12.0. The highest BCUT2D eigenvalue weighted by atomic mass is 16.4. The fourth-order valence-electron chi connectivity index (χ4n) is 3.23. The lowest BCUT2D eigenvalue weighted by Gasteiger charge is -2.40. The summed E-state index contributed by atoms with van der Waals surface area (Å²) in [4.78, 5) is 25.3. The maximum atomic E-state index is 12.7. The molecule has 1 unspecified atom stereocenters. The Labute approximate surface area is 115 Å². The van der Waals surface area contributed by atoms with Gasteiger partial charge in [0.25, 0.3) is 0 Å². The van der Waals surface area contributed by atoms with Crippen LogP contribution in [0.15, 0.2) is 0 Å². The first-order valence-corrected chi connectivity index (χ1v) is 7.44. The van der Waals surface area contributed by atoms with Gasteiger partial charge in [-0.05, 0) is 31.1 Å². The molecule has 2 rings (SSSR count). The highest BCUT2D eigenvalue weighted by Crippen LogP contribution is 2.42. The molecular formula is C15H25NO3. The van der Waals surface area contributed by atoms with Gasteiger partial charge in [0.15, 0.2) is 0 Å². The first kappa shape index (κ1) is 14.4. The number of carbonyl (C=O) groups excluding carboxylic acids is 1. The van der Waals surface area contributed by atoms with Gasteiger partial charge in [0.1, 0.15) is 0 Å². The van der Waals surface area contributed by atoms with Gasteiger partial charge in [-0.2, -0.15) is 0 Å². The van der Waals surface area contributed by atoms with E-state index < -0.39 is 5.97 Å². The Bertz CT molecular complexity index is 360. The van der Waals surface area contributed by atoms with Crippen molar-refractivity contribution in [1.82, 2.24) is 4.90 Å². The van der Waals surface area contributed by atoms with Crippen LogP contribution in [0.2, 0.25) is 0 Å². The fourth-order valence-corrected chi connectivity index (χ4v) is 3.23. The quantitative estimate of drug-likeness (QED) is 0.833. The highest BCUT2D eigenvalue weighted by Gasteiger charge is 2.42. The van der Waals surface area contributed by atoms with Gasteiger partial charge in [-0.3, -0.25) is 9.59 Å². The number of amides is 1. The van der Waals surface area contributed by atoms with E-state index in [2.05, 4.69) is 13.8 Å². The van der Waals surface area contributed by atoms with E-state index in [9.17, 15) is 9.59 Å². The largest absolute Gasteiger partial charge is 0.481 e. The zero-order chi connectivity index (χ0) is 14.0. The monoisotopic (exact) mass is 267 g/mol. The Hall–Kier alpha value is -1.06. The van der Waals surface area contributed by atoms with Crippen molar-refractivity contribution in [1.29, 1.82) is 0 Å². The molecule has 4 heteroatoms. The number of rotatable bonds is 5. The molecule has 0 spiro atoms. The van der Waals surface area contributed by atoms with Crippen LogP contribution in [0, 0.1) is 11.3 Å². The van der Waals surface area contributed by atoms with Crippen LogP contribution >= 0.6 is 0 Å². The second kappa shape index (κ2) is 5.51. The number of carboxylic acid groups (broad SMARTS) is 1. The maximum absolute atomic E-state index is 12.7. The number of carboxylic acids is 1. The molecule has 2 aliphatic carbocycles. The van der Waals surface area contributed by atoms with Crippen LogP contribution in [-0.4, -0.2) is 34.5 Å². The van der Waals surface area contributed by atoms with Crippen molar-refractivity contribution >= 4 is 11.9 Å². The molecule has 0 aromatic carbocycles. The Morgan fingerprint density at radius 2 is 1.89 bits per heavy atom. The van der Waals surface area contributed by atoms with Crippen LogP contribution in [0.3, 0.4) is 0 Å². The summed E-state index contributed by atoms with van der Waals surface area (Å²) in [7, 11) is 0. The standard InChI is InChI=1S/C15H25NO3/c1-15(2)9-4-3-5-12(15)14(19)16(11-6-7-11)10-8-13(17)18/h11-12H,3-10H2,1-2H3,(H,17,18). The summed E-state index contributed by atoms with van der Waals surface area (Å²) in [6.45, 7) is 4.74. The van der Waals surface area contributed by atoms with Crippen molar-refractivity contribution in [2.24, 2.45) is 11.3 Å². The number of nitrogens with zero attached hydrogens (tertiary/aromatic N) is 1. The second-order valence-electron chi connectivity index (χ2n) is 6.69. The van der Waals surface area contributed by atoms with Gasteiger partial charge in [0, 0.05) is 18.5 Å². The smallest absolute Gasteiger partial charge is 0.305 e. The van der Waals surface area contributed by atoms with Crippen molar-refractivity contribution in [3.63, 3.8) is 0 Å². The van der Waals surface area contributed by atoms with E-state index in [0.29, 0.717) is 12.6 Å². The second-order valence-corrected chi connectivity index (χ2v) is 6.69. The Kier molecular flexibility index (Phi) is 4.16. The van der Waals surface area contributed by atoms with Crippen LogP contribution in [0.4, 0.5) is 0 Å². The molecule has 0 aliphatic heterocycles. The Balaban J connectivity index is 2.03. The van der Waals surface area contributed by atoms with E-state index in [-0.39, 0.29) is 23.7 Å². The zero-order valence-electron chi connectivity index (χ0n) is 12.0. The van der Waals surface area contributed by atoms with Gasteiger partial charge in [-0.15, -0.1) is 0 Å². The lowest BCUT2D eigenvalue weighted by molar-refractivity contribution is -0.143. The molecule has 4 nitrogen and oxygen atoms in total. The van der Waals surface area contributed by atoms with Gasteiger partial charge in [-0.25, -0.2) is 0 Å². The van der Waals surface area contributed by atoms with Crippen LogP contribution < -0.4 is 0 Å². The number of aliphatic carboxylic acids is 1. The molecule has 0 saturated heterocycles. The molecule has 19 heavy (non-hydrogen) atoms. The van der Waals surface area contributed by atoms with Crippen molar-refractivity contribution < 1.29 is 14.7 Å². The van der Waals surface area contributed by atoms with E-state index in [4.69, 9.17) is 5.11 Å². The topological polar surface area (TPSA) is 57.6 Å². The third kappa shape index (κ3) is 3.48. The van der Waals surface area contributed by atoms with E-state index in [1.54, 1.807) is 0 Å². The van der Waals surface area contributed by atoms with Gasteiger partial charge in [0.05, 0.1) is 6.42 Å². The fraction of sp³-hybridized carbons (Fsp3) is 0.867. The van der Waals surface area contributed by atoms with Gasteiger partial charge in [-0.1, -0.05) is 26.7 Å². The normalized spacial score (nSPS) is 25.9. The average Bonchev–Trinajstić information content (AvgIpc) is 3.12. The lowest BCUT2D eigenvalue weighted by atomic mass is 9.68. The number of carbonyl (C=O) groups is 2. The van der Waals surface area contributed by atoms with Gasteiger partial charge < -0.3 is 10.0 Å². The van der Waals surface area contributed by atoms with Crippen molar-refractivity contribution in [3.05, 3.63) is 0 Å². The van der Waals surface area contributed by atoms with Gasteiger partial charge in [0.2, 0.25) is 5.91 Å². The number of hydrogen-bond acceptors (Lipinski definition) is 2. The molecule has 2 saturated carbocycles. The summed E-state index contributed by atoms with van der Waals surface area (Å²) >= 11 is 0. The molecule has 0 bridgehead atoms. The summed E-state index contributed by atoms with van der Waals surface area (Å²) in [6, 6.07) is 0.310. The van der Waals surface area contributed by atoms with E-state index in [0.717, 1.165) is 32.1 Å². The lowest BCUT2D eigenvalue weighted by Crippen LogP contribution is -2.45. The molecule has 1 N–H and O–H groups in total. The summed E-state index contributed by atoms with van der Waals surface area (Å²) in [5, 5.41) is 8.82. The summed E-state index contributed by atoms with van der Waals surface area (Å²) in [6.07, 6.45) is 6.53. The summed E-state index contributed by atoms with van der Waals surface area (Å²) in [5.74, 6) is -0.537. The first-order valence-electron chi connectivity index (χ1n) is 7.44. The minimum absolute atomic E-state index is 0.0612. The maximum Gasteiger partial charge on any atom is 0.305 e. The van der Waals surface area contributed by atoms with Crippen molar-refractivity contribution in [2.75, 3.05) is 6.54 Å². The molecule has 1 atom stereocenters. The SMILES string of the molecule is CC1(C)CCCCC1C(=O)N(CCC(=O)O)C1CC1. The minimum atomic E-state index is -0.818. The Morgan fingerprint density at radius 1 is 1.21 bits per heavy atom. The third-order valence-electron chi connectivity index (χ3n) is 4.64. The van der Waals surface area contributed by atoms with E-state index in [1.165, 1.54) is 6.42 Å². The molecule has 0 aromatic rings. The third-order valence-corrected chi connectivity index (χ3v) is 4.64. The Morgan fingerprint density at radius 3 is 2.42 bits per heavy atom. The van der Waals surface area contributed by atoms with Crippen molar-refractivity contribution in [3.8, 4) is 0 Å². The molecule has 108 valence electrons. The molecule has 0 radical (unpaired) electrons. The van der Waals surface area contributed by atoms with E-state index in [1.807, 2.05) is 4.90 Å². The molecule has 1 amide bonds.